The number of amides is 1. The Labute approximate surface area is 111 Å². The van der Waals surface area contributed by atoms with Crippen LogP contribution in [0.25, 0.3) is 11.0 Å². The number of carbonyl (C=O) groups excluding carboxylic acids is 1. The van der Waals surface area contributed by atoms with Gasteiger partial charge in [-0.05, 0) is 26.1 Å². The number of benzene rings is 1. The van der Waals surface area contributed by atoms with Crippen molar-refractivity contribution in [1.82, 2.24) is 20.3 Å². The molecule has 0 radical (unpaired) electrons. The fourth-order valence-corrected chi connectivity index (χ4v) is 1.91. The molecule has 1 amide bonds. The molecule has 0 saturated heterocycles. The molecule has 1 heterocycles. The average Bonchev–Trinajstić information content (AvgIpc) is 2.75. The molecular formula is C13H17N5O. The van der Waals surface area contributed by atoms with Crippen LogP contribution in [0.15, 0.2) is 29.4 Å². The smallest absolute Gasteiger partial charge is 0.260 e. The number of carbonyl (C=O) groups is 1. The molecule has 6 nitrogen and oxygen atoms in total. The molecular weight excluding hydrogens is 242 g/mol. The lowest BCUT2D eigenvalue weighted by molar-refractivity contribution is -0.121. The lowest BCUT2D eigenvalue weighted by atomic mass is 10.3. The van der Waals surface area contributed by atoms with Crippen molar-refractivity contribution in [2.24, 2.45) is 5.10 Å². The fraction of sp³-hybridized carbons (Fsp3) is 0.308. The molecule has 0 fully saturated rings. The molecule has 0 spiro atoms. The van der Waals surface area contributed by atoms with Crippen LogP contribution in [0.2, 0.25) is 0 Å². The molecule has 0 atom stereocenters. The van der Waals surface area contributed by atoms with Gasteiger partial charge in [-0.15, -0.1) is 0 Å². The van der Waals surface area contributed by atoms with E-state index in [-0.39, 0.29) is 12.5 Å². The first-order valence-corrected chi connectivity index (χ1v) is 6.11. The third-order valence-electron chi connectivity index (χ3n) is 2.69. The van der Waals surface area contributed by atoms with E-state index in [0.29, 0.717) is 6.54 Å². The minimum absolute atomic E-state index is 0.168. The van der Waals surface area contributed by atoms with Gasteiger partial charge >= 0.3 is 0 Å². The Balaban J connectivity index is 2.33. The lowest BCUT2D eigenvalue weighted by Crippen LogP contribution is -2.25. The largest absolute Gasteiger partial charge is 0.317 e. The maximum atomic E-state index is 11.8. The maximum absolute atomic E-state index is 11.8. The average molecular weight is 259 g/mol. The van der Waals surface area contributed by atoms with Crippen LogP contribution >= 0.6 is 0 Å². The van der Waals surface area contributed by atoms with E-state index >= 15 is 0 Å². The van der Waals surface area contributed by atoms with Gasteiger partial charge in [0.2, 0.25) is 0 Å². The zero-order valence-corrected chi connectivity index (χ0v) is 11.1. The number of fused-ring (bicyclic) bond motifs is 1. The first-order chi connectivity index (χ1) is 9.26. The maximum Gasteiger partial charge on any atom is 0.260 e. The van der Waals surface area contributed by atoms with Gasteiger partial charge in [-0.2, -0.15) is 5.10 Å². The lowest BCUT2D eigenvalue weighted by Gasteiger charge is -2.07. The molecule has 2 aromatic rings. The summed E-state index contributed by atoms with van der Waals surface area (Å²) in [4.78, 5) is 16.3. The van der Waals surface area contributed by atoms with E-state index in [4.69, 9.17) is 0 Å². The Morgan fingerprint density at radius 3 is 3.00 bits per heavy atom. The van der Waals surface area contributed by atoms with Crippen molar-refractivity contribution >= 4 is 23.2 Å². The molecule has 1 aromatic carbocycles. The molecule has 6 heteroatoms. The number of hydrazone groups is 1. The molecule has 19 heavy (non-hydrogen) atoms. The minimum Gasteiger partial charge on any atom is -0.317 e. The van der Waals surface area contributed by atoms with Crippen molar-refractivity contribution in [3.63, 3.8) is 0 Å². The quantitative estimate of drug-likeness (QED) is 0.618. The van der Waals surface area contributed by atoms with Crippen molar-refractivity contribution in [2.45, 2.75) is 20.0 Å². The zero-order valence-electron chi connectivity index (χ0n) is 11.1. The van der Waals surface area contributed by atoms with Gasteiger partial charge in [0.1, 0.15) is 12.4 Å². The van der Waals surface area contributed by atoms with Crippen LogP contribution in [0.1, 0.15) is 12.7 Å². The van der Waals surface area contributed by atoms with Crippen molar-refractivity contribution < 1.29 is 4.79 Å². The number of para-hydroxylation sites is 2. The van der Waals surface area contributed by atoms with Crippen LogP contribution in [-0.2, 0) is 17.9 Å². The summed E-state index contributed by atoms with van der Waals surface area (Å²) >= 11 is 0. The summed E-state index contributed by atoms with van der Waals surface area (Å²) in [6.07, 6.45) is 1.54. The number of nitrogens with one attached hydrogen (secondary N) is 2. The summed E-state index contributed by atoms with van der Waals surface area (Å²) in [5, 5.41) is 6.79. The zero-order chi connectivity index (χ0) is 13.7. The van der Waals surface area contributed by atoms with Crippen LogP contribution in [0.4, 0.5) is 0 Å². The first-order valence-electron chi connectivity index (χ1n) is 6.11. The van der Waals surface area contributed by atoms with Gasteiger partial charge in [0.05, 0.1) is 17.6 Å². The van der Waals surface area contributed by atoms with Gasteiger partial charge in [-0.3, -0.25) is 4.79 Å². The van der Waals surface area contributed by atoms with Gasteiger partial charge in [0, 0.05) is 6.21 Å². The van der Waals surface area contributed by atoms with E-state index in [1.807, 2.05) is 35.9 Å². The monoisotopic (exact) mass is 259 g/mol. The Morgan fingerprint density at radius 2 is 2.26 bits per heavy atom. The van der Waals surface area contributed by atoms with Crippen LogP contribution in [0.5, 0.6) is 0 Å². The van der Waals surface area contributed by atoms with Crippen LogP contribution in [-0.4, -0.2) is 28.7 Å². The second kappa shape index (κ2) is 6.10. The Morgan fingerprint density at radius 1 is 1.47 bits per heavy atom. The Kier molecular flexibility index (Phi) is 4.25. The van der Waals surface area contributed by atoms with E-state index in [1.165, 1.54) is 0 Å². The third kappa shape index (κ3) is 2.97. The summed E-state index contributed by atoms with van der Waals surface area (Å²) < 4.78 is 1.90. The summed E-state index contributed by atoms with van der Waals surface area (Å²) in [6, 6.07) is 7.76. The highest BCUT2D eigenvalue weighted by Gasteiger charge is 2.12. The normalized spacial score (nSPS) is 11.3. The summed E-state index contributed by atoms with van der Waals surface area (Å²) in [6.45, 7) is 2.56. The molecule has 0 aliphatic carbocycles. The number of nitrogens with zero attached hydrogens (tertiary/aromatic N) is 3. The van der Waals surface area contributed by atoms with Gasteiger partial charge in [0.25, 0.3) is 5.91 Å². The van der Waals surface area contributed by atoms with Crippen molar-refractivity contribution in [3.05, 3.63) is 30.1 Å². The molecule has 0 unspecified atom stereocenters. The van der Waals surface area contributed by atoms with Gasteiger partial charge in [-0.25, -0.2) is 10.4 Å². The molecule has 0 aliphatic heterocycles. The standard InChI is InChI=1S/C13H17N5O/c1-3-15-17-13(19)9-18-11-7-5-4-6-10(11)16-12(18)8-14-2/h3-7,14H,8-9H2,1-2H3,(H,17,19)/b15-3+. The topological polar surface area (TPSA) is 71.3 Å². The van der Waals surface area contributed by atoms with E-state index in [2.05, 4.69) is 20.8 Å². The highest BCUT2D eigenvalue weighted by Crippen LogP contribution is 2.15. The van der Waals surface area contributed by atoms with Crippen LogP contribution in [0.3, 0.4) is 0 Å². The van der Waals surface area contributed by atoms with Gasteiger partial charge in [-0.1, -0.05) is 12.1 Å². The molecule has 2 N–H and O–H groups in total. The number of aromatic nitrogens is 2. The van der Waals surface area contributed by atoms with Gasteiger partial charge < -0.3 is 9.88 Å². The highest BCUT2D eigenvalue weighted by atomic mass is 16.2. The highest BCUT2D eigenvalue weighted by molar-refractivity contribution is 5.81. The van der Waals surface area contributed by atoms with Crippen LogP contribution < -0.4 is 10.7 Å². The van der Waals surface area contributed by atoms with Crippen molar-refractivity contribution in [2.75, 3.05) is 7.05 Å². The third-order valence-corrected chi connectivity index (χ3v) is 2.69. The number of rotatable bonds is 5. The van der Waals surface area contributed by atoms with E-state index in [0.717, 1.165) is 16.9 Å². The molecule has 2 rings (SSSR count). The predicted octanol–water partition coefficient (Wildman–Crippen LogP) is 0.878. The second-order valence-corrected chi connectivity index (χ2v) is 4.06. The number of hydrogen-bond donors (Lipinski definition) is 2. The van der Waals surface area contributed by atoms with E-state index in [9.17, 15) is 4.79 Å². The van der Waals surface area contributed by atoms with Crippen LogP contribution in [0, 0.1) is 0 Å². The van der Waals surface area contributed by atoms with E-state index in [1.54, 1.807) is 13.1 Å². The Hall–Kier alpha value is -2.21. The predicted molar refractivity (Wildman–Crippen MR) is 74.8 cm³/mol. The van der Waals surface area contributed by atoms with Crippen molar-refractivity contribution in [3.8, 4) is 0 Å². The first kappa shape index (κ1) is 13.2. The number of imidazole rings is 1. The Bertz CT molecular complexity index is 602. The fourth-order valence-electron chi connectivity index (χ4n) is 1.91. The summed E-state index contributed by atoms with van der Waals surface area (Å²) in [5.74, 6) is 0.665. The molecule has 0 bridgehead atoms. The molecule has 0 aliphatic rings. The molecule has 100 valence electrons. The number of hydrogen-bond acceptors (Lipinski definition) is 4. The van der Waals surface area contributed by atoms with Crippen molar-refractivity contribution in [1.29, 1.82) is 0 Å². The van der Waals surface area contributed by atoms with E-state index < -0.39 is 0 Å². The molecule has 1 aromatic heterocycles. The molecule has 0 saturated carbocycles. The second-order valence-electron chi connectivity index (χ2n) is 4.06. The summed E-state index contributed by atoms with van der Waals surface area (Å²) in [7, 11) is 1.85. The summed E-state index contributed by atoms with van der Waals surface area (Å²) in [5.41, 5.74) is 4.30. The SMILES string of the molecule is C/C=N/NC(=O)Cn1c(CNC)nc2ccccc21. The minimum atomic E-state index is -0.168. The van der Waals surface area contributed by atoms with Gasteiger partial charge in [0.15, 0.2) is 0 Å².